The molecular weight excluding hydrogens is 425 g/mol. The summed E-state index contributed by atoms with van der Waals surface area (Å²) < 4.78 is 13.3. The molecule has 7 nitrogen and oxygen atoms in total. The van der Waals surface area contributed by atoms with E-state index in [1.54, 1.807) is 24.3 Å². The van der Waals surface area contributed by atoms with Gasteiger partial charge in [-0.15, -0.1) is 0 Å². The highest BCUT2D eigenvalue weighted by atomic mass is 35.5. The first kappa shape index (κ1) is 18.6. The van der Waals surface area contributed by atoms with E-state index in [9.17, 15) is 0 Å². The van der Waals surface area contributed by atoms with Crippen LogP contribution in [-0.2, 0) is 7.05 Å². The molecule has 5 aromatic rings. The summed E-state index contributed by atoms with van der Waals surface area (Å²) in [6, 6.07) is 14.4. The van der Waals surface area contributed by atoms with E-state index >= 15 is 0 Å². The quantitative estimate of drug-likeness (QED) is 0.349. The van der Waals surface area contributed by atoms with Crippen molar-refractivity contribution in [2.45, 2.75) is 0 Å². The van der Waals surface area contributed by atoms with Crippen molar-refractivity contribution >= 4 is 62.6 Å². The average molecular weight is 440 g/mol. The van der Waals surface area contributed by atoms with Gasteiger partial charge in [-0.1, -0.05) is 29.3 Å². The minimum atomic E-state index is 0.323. The molecule has 30 heavy (non-hydrogen) atoms. The van der Waals surface area contributed by atoms with Crippen molar-refractivity contribution in [3.05, 3.63) is 65.0 Å². The first-order chi connectivity index (χ1) is 14.5. The topological polar surface area (TPSA) is 91.1 Å². The minimum absolute atomic E-state index is 0.323. The van der Waals surface area contributed by atoms with Gasteiger partial charge in [0.1, 0.15) is 34.1 Å². The number of hydrogen-bond acceptors (Lipinski definition) is 6. The fraction of sp³-hybridized carbons (Fsp3) is 0.0476. The molecule has 0 spiro atoms. The molecule has 0 amide bonds. The highest BCUT2D eigenvalue weighted by Crippen LogP contribution is 2.37. The SMILES string of the molecule is Cn1c(Cl)cc2ncnc(Nc3ccc(Oc4cccc5oc(N)cc45)c(Cl)c3)c21. The Morgan fingerprint density at radius 1 is 1.07 bits per heavy atom. The molecule has 3 aromatic heterocycles. The second kappa shape index (κ2) is 7.12. The van der Waals surface area contributed by atoms with E-state index in [1.165, 1.54) is 6.33 Å². The largest absolute Gasteiger partial charge is 0.455 e. The first-order valence-electron chi connectivity index (χ1n) is 8.98. The van der Waals surface area contributed by atoms with Gasteiger partial charge in [0.15, 0.2) is 11.7 Å². The highest BCUT2D eigenvalue weighted by Gasteiger charge is 2.13. The molecule has 0 saturated carbocycles. The van der Waals surface area contributed by atoms with Gasteiger partial charge >= 0.3 is 0 Å². The lowest BCUT2D eigenvalue weighted by atomic mass is 10.2. The summed E-state index contributed by atoms with van der Waals surface area (Å²) >= 11 is 12.7. The number of nitrogens with two attached hydrogens (primary N) is 1. The number of furan rings is 1. The van der Waals surface area contributed by atoms with Crippen LogP contribution in [0.1, 0.15) is 0 Å². The summed E-state index contributed by atoms with van der Waals surface area (Å²) in [7, 11) is 1.85. The van der Waals surface area contributed by atoms with Gasteiger partial charge in [-0.2, -0.15) is 0 Å². The molecular formula is C21H15Cl2N5O2. The molecule has 0 radical (unpaired) electrons. The number of nitrogens with zero attached hydrogens (tertiary/aromatic N) is 3. The molecule has 2 aromatic carbocycles. The molecule has 0 aliphatic rings. The van der Waals surface area contributed by atoms with Gasteiger partial charge in [-0.05, 0) is 30.3 Å². The Morgan fingerprint density at radius 2 is 1.93 bits per heavy atom. The third kappa shape index (κ3) is 3.18. The molecule has 3 heterocycles. The van der Waals surface area contributed by atoms with Crippen LogP contribution >= 0.6 is 23.2 Å². The average Bonchev–Trinajstić information content (AvgIpc) is 3.24. The predicted molar refractivity (Wildman–Crippen MR) is 119 cm³/mol. The van der Waals surface area contributed by atoms with Gasteiger partial charge in [0.2, 0.25) is 0 Å². The third-order valence-electron chi connectivity index (χ3n) is 4.72. The van der Waals surface area contributed by atoms with Crippen molar-refractivity contribution in [3.63, 3.8) is 0 Å². The molecule has 0 aliphatic heterocycles. The summed E-state index contributed by atoms with van der Waals surface area (Å²) in [4.78, 5) is 8.59. The second-order valence-electron chi connectivity index (χ2n) is 6.67. The Morgan fingerprint density at radius 3 is 2.77 bits per heavy atom. The van der Waals surface area contributed by atoms with E-state index in [4.69, 9.17) is 38.1 Å². The summed E-state index contributed by atoms with van der Waals surface area (Å²) in [5.41, 5.74) is 8.69. The van der Waals surface area contributed by atoms with Crippen LogP contribution in [0.5, 0.6) is 11.5 Å². The lowest BCUT2D eigenvalue weighted by molar-refractivity contribution is 0.488. The normalized spacial score (nSPS) is 11.3. The summed E-state index contributed by atoms with van der Waals surface area (Å²) in [6.07, 6.45) is 1.48. The van der Waals surface area contributed by atoms with Crippen molar-refractivity contribution in [2.24, 2.45) is 7.05 Å². The number of aryl methyl sites for hydroxylation is 1. The van der Waals surface area contributed by atoms with E-state index in [0.717, 1.165) is 22.1 Å². The Kier molecular flexibility index (Phi) is 4.42. The Labute approximate surface area is 181 Å². The molecule has 0 bridgehead atoms. The van der Waals surface area contributed by atoms with Crippen LogP contribution in [0.4, 0.5) is 17.4 Å². The van der Waals surface area contributed by atoms with Gasteiger partial charge in [0.05, 0.1) is 15.9 Å². The van der Waals surface area contributed by atoms with Crippen LogP contribution in [0, 0.1) is 0 Å². The number of rotatable bonds is 4. The maximum atomic E-state index is 6.48. The highest BCUT2D eigenvalue weighted by molar-refractivity contribution is 6.32. The fourth-order valence-corrected chi connectivity index (χ4v) is 3.70. The number of nitrogen functional groups attached to an aromatic ring is 1. The van der Waals surface area contributed by atoms with Crippen molar-refractivity contribution in [2.75, 3.05) is 11.1 Å². The maximum Gasteiger partial charge on any atom is 0.191 e. The number of hydrogen-bond donors (Lipinski definition) is 2. The minimum Gasteiger partial charge on any atom is -0.455 e. The number of benzene rings is 2. The zero-order valence-corrected chi connectivity index (χ0v) is 17.2. The Bertz CT molecular complexity index is 1410. The molecule has 5 rings (SSSR count). The third-order valence-corrected chi connectivity index (χ3v) is 5.38. The molecule has 0 saturated heterocycles. The van der Waals surface area contributed by atoms with Crippen LogP contribution < -0.4 is 15.8 Å². The standard InChI is InChI=1S/C21H15Cl2N5O2/c1-28-18(23)9-14-20(28)21(26-10-25-14)27-11-5-6-17(13(22)7-11)29-15-3-2-4-16-12(15)8-19(24)30-16/h2-10H,24H2,1H3,(H,25,26,27). The van der Waals surface area contributed by atoms with E-state index in [1.807, 2.05) is 35.9 Å². The number of aromatic nitrogens is 3. The van der Waals surface area contributed by atoms with E-state index in [2.05, 4.69) is 15.3 Å². The zero-order valence-electron chi connectivity index (χ0n) is 15.7. The first-order valence-corrected chi connectivity index (χ1v) is 9.73. The van der Waals surface area contributed by atoms with Crippen LogP contribution in [0.3, 0.4) is 0 Å². The fourth-order valence-electron chi connectivity index (χ4n) is 3.30. The van der Waals surface area contributed by atoms with Crippen molar-refractivity contribution < 1.29 is 9.15 Å². The Hall–Kier alpha value is -3.42. The predicted octanol–water partition coefficient (Wildman–Crippen LogP) is 6.14. The van der Waals surface area contributed by atoms with Crippen LogP contribution in [0.15, 0.2) is 59.3 Å². The molecule has 9 heteroatoms. The maximum absolute atomic E-state index is 6.48. The molecule has 150 valence electrons. The van der Waals surface area contributed by atoms with Crippen molar-refractivity contribution in [3.8, 4) is 11.5 Å². The number of halogens is 2. The lowest BCUT2D eigenvalue weighted by Crippen LogP contribution is -1.99. The van der Waals surface area contributed by atoms with Crippen molar-refractivity contribution in [1.29, 1.82) is 0 Å². The molecule has 0 atom stereocenters. The summed E-state index contributed by atoms with van der Waals surface area (Å²) in [5.74, 6) is 2.05. The number of nitrogens with one attached hydrogen (secondary N) is 1. The van der Waals surface area contributed by atoms with Gasteiger partial charge in [-0.3, -0.25) is 0 Å². The van der Waals surface area contributed by atoms with E-state index in [-0.39, 0.29) is 0 Å². The van der Waals surface area contributed by atoms with Gasteiger partial charge in [0, 0.05) is 24.9 Å². The van der Waals surface area contributed by atoms with Gasteiger partial charge in [0.25, 0.3) is 0 Å². The smallest absolute Gasteiger partial charge is 0.191 e. The van der Waals surface area contributed by atoms with Crippen LogP contribution in [-0.4, -0.2) is 14.5 Å². The molecule has 0 fully saturated rings. The molecule has 0 aliphatic carbocycles. The number of fused-ring (bicyclic) bond motifs is 2. The van der Waals surface area contributed by atoms with Crippen LogP contribution in [0.2, 0.25) is 10.2 Å². The van der Waals surface area contributed by atoms with Gasteiger partial charge in [-0.25, -0.2) is 9.97 Å². The summed E-state index contributed by atoms with van der Waals surface area (Å²) in [5, 5.41) is 5.05. The zero-order chi connectivity index (χ0) is 20.8. The van der Waals surface area contributed by atoms with E-state index < -0.39 is 0 Å². The second-order valence-corrected chi connectivity index (χ2v) is 7.47. The Balaban J connectivity index is 1.45. The number of anilines is 3. The van der Waals surface area contributed by atoms with Crippen LogP contribution in [0.25, 0.3) is 22.0 Å². The lowest BCUT2D eigenvalue weighted by Gasteiger charge is -2.12. The van der Waals surface area contributed by atoms with Crippen molar-refractivity contribution in [1.82, 2.24) is 14.5 Å². The summed E-state index contributed by atoms with van der Waals surface area (Å²) in [6.45, 7) is 0. The number of ether oxygens (including phenoxy) is 1. The molecule has 3 N–H and O–H groups in total. The van der Waals surface area contributed by atoms with E-state index in [0.29, 0.717) is 39.0 Å². The molecule has 0 unspecified atom stereocenters. The monoisotopic (exact) mass is 439 g/mol. The van der Waals surface area contributed by atoms with Gasteiger partial charge < -0.3 is 24.8 Å².